The molecular weight excluding hydrogens is 324 g/mol. The summed E-state index contributed by atoms with van der Waals surface area (Å²) in [6.45, 7) is 9.90. The standard InChI is InChI=1S/C21H28N4O/c1-21(2,3)17-7-5-6-8-18(17)23-16-9-10-22-19(15-16)20(26)25-13-11-24(4)12-14-25/h5-10,15H,11-14H2,1-4H3,(H,22,23). The highest BCUT2D eigenvalue weighted by atomic mass is 16.2. The number of piperazine rings is 1. The van der Waals surface area contributed by atoms with Crippen LogP contribution in [0.2, 0.25) is 0 Å². The van der Waals surface area contributed by atoms with Gasteiger partial charge < -0.3 is 15.1 Å². The van der Waals surface area contributed by atoms with Gasteiger partial charge in [0, 0.05) is 43.8 Å². The molecule has 26 heavy (non-hydrogen) atoms. The molecule has 3 rings (SSSR count). The minimum Gasteiger partial charge on any atom is -0.355 e. The van der Waals surface area contributed by atoms with Crippen LogP contribution in [0.1, 0.15) is 36.8 Å². The van der Waals surface area contributed by atoms with Crippen LogP contribution in [0.3, 0.4) is 0 Å². The van der Waals surface area contributed by atoms with E-state index in [0.717, 1.165) is 37.6 Å². The van der Waals surface area contributed by atoms with E-state index < -0.39 is 0 Å². The number of anilines is 2. The SMILES string of the molecule is CN1CCN(C(=O)c2cc(Nc3ccccc3C(C)(C)C)ccn2)CC1. The third-order valence-corrected chi connectivity index (χ3v) is 4.78. The molecule has 0 spiro atoms. The Morgan fingerprint density at radius 2 is 1.77 bits per heavy atom. The van der Waals surface area contributed by atoms with Crippen molar-refractivity contribution in [1.29, 1.82) is 0 Å². The smallest absolute Gasteiger partial charge is 0.272 e. The van der Waals surface area contributed by atoms with Gasteiger partial charge in [0.05, 0.1) is 0 Å². The molecule has 0 aliphatic carbocycles. The molecule has 1 aliphatic heterocycles. The summed E-state index contributed by atoms with van der Waals surface area (Å²) in [6.07, 6.45) is 1.70. The predicted molar refractivity (Wildman–Crippen MR) is 106 cm³/mol. The van der Waals surface area contributed by atoms with Gasteiger partial charge >= 0.3 is 0 Å². The molecule has 0 saturated carbocycles. The molecule has 1 aromatic heterocycles. The predicted octanol–water partition coefficient (Wildman–Crippen LogP) is 3.51. The number of carbonyl (C=O) groups excluding carboxylic acids is 1. The first-order valence-electron chi connectivity index (χ1n) is 9.15. The molecule has 0 bridgehead atoms. The molecule has 0 atom stereocenters. The second-order valence-electron chi connectivity index (χ2n) is 7.95. The van der Waals surface area contributed by atoms with Gasteiger partial charge in [0.15, 0.2) is 0 Å². The number of rotatable bonds is 3. The number of benzene rings is 1. The fourth-order valence-corrected chi connectivity index (χ4v) is 3.20. The molecule has 1 amide bonds. The number of nitrogens with one attached hydrogen (secondary N) is 1. The number of hydrogen-bond donors (Lipinski definition) is 1. The van der Waals surface area contributed by atoms with Crippen LogP contribution in [0, 0.1) is 0 Å². The number of amides is 1. The molecule has 1 aliphatic rings. The minimum atomic E-state index is 0.00542. The van der Waals surface area contributed by atoms with Crippen LogP contribution in [-0.2, 0) is 5.41 Å². The Bertz CT molecular complexity index is 774. The van der Waals surface area contributed by atoms with Crippen molar-refractivity contribution in [2.45, 2.75) is 26.2 Å². The highest BCUT2D eigenvalue weighted by Gasteiger charge is 2.22. The molecule has 2 aromatic rings. The van der Waals surface area contributed by atoms with Crippen LogP contribution >= 0.6 is 0 Å². The maximum absolute atomic E-state index is 12.8. The van der Waals surface area contributed by atoms with E-state index in [-0.39, 0.29) is 11.3 Å². The molecule has 5 heteroatoms. The third kappa shape index (κ3) is 4.22. The molecule has 138 valence electrons. The third-order valence-electron chi connectivity index (χ3n) is 4.78. The van der Waals surface area contributed by atoms with E-state index in [1.807, 2.05) is 23.1 Å². The van der Waals surface area contributed by atoms with Gasteiger partial charge in [-0.05, 0) is 36.2 Å². The first-order valence-corrected chi connectivity index (χ1v) is 9.15. The van der Waals surface area contributed by atoms with Crippen LogP contribution in [0.5, 0.6) is 0 Å². The average Bonchev–Trinajstić information content (AvgIpc) is 2.61. The Hall–Kier alpha value is -2.40. The Labute approximate surface area is 156 Å². The van der Waals surface area contributed by atoms with Crippen LogP contribution in [-0.4, -0.2) is 53.9 Å². The van der Waals surface area contributed by atoms with Crippen molar-refractivity contribution in [3.05, 3.63) is 53.9 Å². The van der Waals surface area contributed by atoms with E-state index in [4.69, 9.17) is 0 Å². The number of aromatic nitrogens is 1. The number of likely N-dealkylation sites (N-methyl/N-ethyl adjacent to an activating group) is 1. The summed E-state index contributed by atoms with van der Waals surface area (Å²) in [4.78, 5) is 21.2. The van der Waals surface area contributed by atoms with Crippen molar-refractivity contribution in [3.63, 3.8) is 0 Å². The number of pyridine rings is 1. The molecule has 0 radical (unpaired) electrons. The number of para-hydroxylation sites is 1. The maximum Gasteiger partial charge on any atom is 0.272 e. The van der Waals surface area contributed by atoms with E-state index in [2.05, 4.69) is 61.2 Å². The van der Waals surface area contributed by atoms with Gasteiger partial charge in [0.1, 0.15) is 5.69 Å². The lowest BCUT2D eigenvalue weighted by atomic mass is 9.86. The van der Waals surface area contributed by atoms with E-state index in [0.29, 0.717) is 5.69 Å². The van der Waals surface area contributed by atoms with Gasteiger partial charge in [0.25, 0.3) is 5.91 Å². The lowest BCUT2D eigenvalue weighted by Gasteiger charge is -2.32. The van der Waals surface area contributed by atoms with Crippen molar-refractivity contribution in [3.8, 4) is 0 Å². The monoisotopic (exact) mass is 352 g/mol. The van der Waals surface area contributed by atoms with E-state index in [9.17, 15) is 4.79 Å². The maximum atomic E-state index is 12.8. The van der Waals surface area contributed by atoms with Crippen LogP contribution in [0.25, 0.3) is 0 Å². The van der Waals surface area contributed by atoms with Crippen LogP contribution in [0.4, 0.5) is 11.4 Å². The zero-order valence-corrected chi connectivity index (χ0v) is 16.1. The average molecular weight is 352 g/mol. The minimum absolute atomic E-state index is 0.00542. The summed E-state index contributed by atoms with van der Waals surface area (Å²) in [5.41, 5.74) is 3.71. The topological polar surface area (TPSA) is 48.5 Å². The van der Waals surface area contributed by atoms with Crippen LogP contribution < -0.4 is 5.32 Å². The van der Waals surface area contributed by atoms with Gasteiger partial charge in [-0.3, -0.25) is 9.78 Å². The number of carbonyl (C=O) groups is 1. The molecule has 1 aromatic carbocycles. The van der Waals surface area contributed by atoms with Crippen molar-refractivity contribution < 1.29 is 4.79 Å². The Morgan fingerprint density at radius 1 is 1.08 bits per heavy atom. The summed E-state index contributed by atoms with van der Waals surface area (Å²) < 4.78 is 0. The van der Waals surface area contributed by atoms with Gasteiger partial charge in [-0.15, -0.1) is 0 Å². The quantitative estimate of drug-likeness (QED) is 0.918. The zero-order chi connectivity index (χ0) is 18.7. The van der Waals surface area contributed by atoms with Crippen molar-refractivity contribution in [2.24, 2.45) is 0 Å². The van der Waals surface area contributed by atoms with E-state index >= 15 is 0 Å². The summed E-state index contributed by atoms with van der Waals surface area (Å²) in [5.74, 6) is 0.00542. The fraction of sp³-hybridized carbons (Fsp3) is 0.429. The summed E-state index contributed by atoms with van der Waals surface area (Å²) >= 11 is 0. The van der Waals surface area contributed by atoms with Crippen molar-refractivity contribution in [2.75, 3.05) is 38.5 Å². The number of nitrogens with zero attached hydrogens (tertiary/aromatic N) is 3. The van der Waals surface area contributed by atoms with E-state index in [1.165, 1.54) is 5.56 Å². The van der Waals surface area contributed by atoms with Crippen molar-refractivity contribution in [1.82, 2.24) is 14.8 Å². The Morgan fingerprint density at radius 3 is 2.46 bits per heavy atom. The molecule has 1 fully saturated rings. The first kappa shape index (κ1) is 18.4. The summed E-state index contributed by atoms with van der Waals surface area (Å²) in [5, 5.41) is 3.47. The first-order chi connectivity index (χ1) is 12.3. The van der Waals surface area contributed by atoms with Crippen molar-refractivity contribution >= 4 is 17.3 Å². The molecule has 0 unspecified atom stereocenters. The normalized spacial score (nSPS) is 15.8. The molecular formula is C21H28N4O. The highest BCUT2D eigenvalue weighted by Crippen LogP contribution is 2.31. The fourth-order valence-electron chi connectivity index (χ4n) is 3.20. The van der Waals surface area contributed by atoms with Gasteiger partial charge in [-0.25, -0.2) is 0 Å². The molecule has 2 heterocycles. The van der Waals surface area contributed by atoms with Gasteiger partial charge in [-0.1, -0.05) is 39.0 Å². The second kappa shape index (κ2) is 7.46. The Kier molecular flexibility index (Phi) is 5.28. The van der Waals surface area contributed by atoms with Crippen LogP contribution in [0.15, 0.2) is 42.6 Å². The van der Waals surface area contributed by atoms with E-state index in [1.54, 1.807) is 6.20 Å². The molecule has 1 N–H and O–H groups in total. The second-order valence-corrected chi connectivity index (χ2v) is 7.95. The lowest BCUT2D eigenvalue weighted by Crippen LogP contribution is -2.47. The summed E-state index contributed by atoms with van der Waals surface area (Å²) in [7, 11) is 2.08. The number of hydrogen-bond acceptors (Lipinski definition) is 4. The van der Waals surface area contributed by atoms with Gasteiger partial charge in [0.2, 0.25) is 0 Å². The Balaban J connectivity index is 1.79. The molecule has 5 nitrogen and oxygen atoms in total. The highest BCUT2D eigenvalue weighted by molar-refractivity contribution is 5.93. The summed E-state index contributed by atoms with van der Waals surface area (Å²) in [6, 6.07) is 12.0. The zero-order valence-electron chi connectivity index (χ0n) is 16.1. The van der Waals surface area contributed by atoms with Gasteiger partial charge in [-0.2, -0.15) is 0 Å². The lowest BCUT2D eigenvalue weighted by molar-refractivity contribution is 0.0658. The molecule has 1 saturated heterocycles. The largest absolute Gasteiger partial charge is 0.355 e.